The van der Waals surface area contributed by atoms with Crippen LogP contribution in [0.4, 0.5) is 0 Å². The Balaban J connectivity index is 2.33. The van der Waals surface area contributed by atoms with Crippen LogP contribution >= 0.6 is 11.3 Å². The molecule has 1 unspecified atom stereocenters. The van der Waals surface area contributed by atoms with Gasteiger partial charge in [0.1, 0.15) is 11.1 Å². The average molecular weight is 244 g/mol. The lowest BCUT2D eigenvalue weighted by atomic mass is 10.4. The van der Waals surface area contributed by atoms with Crippen LogP contribution in [0, 0.1) is 0 Å². The van der Waals surface area contributed by atoms with Gasteiger partial charge in [0.2, 0.25) is 0 Å². The van der Waals surface area contributed by atoms with Gasteiger partial charge in [-0.2, -0.15) is 0 Å². The molecular formula is C11H20N2O2S. The first-order valence-electron chi connectivity index (χ1n) is 5.53. The van der Waals surface area contributed by atoms with E-state index in [1.807, 2.05) is 13.8 Å². The topological polar surface area (TPSA) is 43.4 Å². The predicted octanol–water partition coefficient (Wildman–Crippen LogP) is 1.98. The molecule has 0 aliphatic heterocycles. The molecule has 92 valence electrons. The Bertz CT molecular complexity index is 291. The molecule has 0 aliphatic rings. The summed E-state index contributed by atoms with van der Waals surface area (Å²) in [5.41, 5.74) is 1.07. The maximum atomic E-state index is 5.49. The van der Waals surface area contributed by atoms with Crippen LogP contribution in [0.1, 0.15) is 30.7 Å². The lowest BCUT2D eigenvalue weighted by Gasteiger charge is -2.07. The van der Waals surface area contributed by atoms with Crippen LogP contribution in [-0.4, -0.2) is 31.9 Å². The maximum absolute atomic E-state index is 5.49. The molecule has 1 N–H and O–H groups in total. The zero-order valence-corrected chi connectivity index (χ0v) is 11.0. The fourth-order valence-electron chi connectivity index (χ4n) is 1.30. The smallest absolute Gasteiger partial charge is 0.122 e. The van der Waals surface area contributed by atoms with Gasteiger partial charge in [0, 0.05) is 32.2 Å². The van der Waals surface area contributed by atoms with Crippen LogP contribution in [-0.2, 0) is 16.0 Å². The van der Waals surface area contributed by atoms with Crippen LogP contribution < -0.4 is 5.32 Å². The normalized spacial score (nSPS) is 12.9. The van der Waals surface area contributed by atoms with Gasteiger partial charge in [0.25, 0.3) is 0 Å². The number of aromatic nitrogens is 1. The number of nitrogens with one attached hydrogen (secondary N) is 1. The first-order valence-corrected chi connectivity index (χ1v) is 6.41. The largest absolute Gasteiger partial charge is 0.383 e. The van der Waals surface area contributed by atoms with Crippen molar-refractivity contribution in [2.75, 3.05) is 26.9 Å². The maximum Gasteiger partial charge on any atom is 0.122 e. The Kier molecular flexibility index (Phi) is 6.56. The van der Waals surface area contributed by atoms with Crippen molar-refractivity contribution in [3.8, 4) is 0 Å². The summed E-state index contributed by atoms with van der Waals surface area (Å²) < 4.78 is 10.4. The van der Waals surface area contributed by atoms with E-state index in [1.54, 1.807) is 18.4 Å². The summed E-state index contributed by atoms with van der Waals surface area (Å²) in [5, 5.41) is 6.39. The summed E-state index contributed by atoms with van der Waals surface area (Å²) in [6.07, 6.45) is 0.0997. The minimum absolute atomic E-state index is 0.0997. The van der Waals surface area contributed by atoms with E-state index in [1.165, 1.54) is 0 Å². The first kappa shape index (κ1) is 13.6. The molecule has 0 spiro atoms. The van der Waals surface area contributed by atoms with Crippen molar-refractivity contribution in [1.82, 2.24) is 10.3 Å². The molecule has 1 aromatic rings. The number of nitrogens with zero attached hydrogens (tertiary/aromatic N) is 1. The van der Waals surface area contributed by atoms with E-state index in [0.29, 0.717) is 0 Å². The molecule has 16 heavy (non-hydrogen) atoms. The van der Waals surface area contributed by atoms with E-state index in [0.717, 1.165) is 37.0 Å². The molecule has 4 nitrogen and oxygen atoms in total. The third kappa shape index (κ3) is 4.57. The van der Waals surface area contributed by atoms with Gasteiger partial charge in [-0.1, -0.05) is 0 Å². The monoisotopic (exact) mass is 244 g/mol. The van der Waals surface area contributed by atoms with Gasteiger partial charge in [0.05, 0.1) is 12.3 Å². The van der Waals surface area contributed by atoms with E-state index in [4.69, 9.17) is 9.47 Å². The molecule has 0 saturated heterocycles. The minimum Gasteiger partial charge on any atom is -0.383 e. The molecule has 1 aromatic heterocycles. The summed E-state index contributed by atoms with van der Waals surface area (Å²) in [6, 6.07) is 0. The second-order valence-corrected chi connectivity index (χ2v) is 4.33. The number of hydrogen-bond acceptors (Lipinski definition) is 5. The number of thiazole rings is 1. The van der Waals surface area contributed by atoms with Crippen LogP contribution in [0.3, 0.4) is 0 Å². The van der Waals surface area contributed by atoms with Crippen molar-refractivity contribution >= 4 is 11.3 Å². The first-order chi connectivity index (χ1) is 7.77. The van der Waals surface area contributed by atoms with Crippen molar-refractivity contribution in [2.45, 2.75) is 26.5 Å². The fourth-order valence-corrected chi connectivity index (χ4v) is 2.12. The minimum atomic E-state index is 0.0997. The fraction of sp³-hybridized carbons (Fsp3) is 0.727. The van der Waals surface area contributed by atoms with Crippen LogP contribution in [0.25, 0.3) is 0 Å². The predicted molar refractivity (Wildman–Crippen MR) is 65.7 cm³/mol. The third-order valence-corrected chi connectivity index (χ3v) is 3.18. The number of rotatable bonds is 8. The second kappa shape index (κ2) is 7.73. The highest BCUT2D eigenvalue weighted by molar-refractivity contribution is 7.09. The molecule has 1 heterocycles. The van der Waals surface area contributed by atoms with E-state index >= 15 is 0 Å². The Morgan fingerprint density at radius 3 is 3.06 bits per heavy atom. The number of hydrogen-bond donors (Lipinski definition) is 1. The molecule has 0 fully saturated rings. The van der Waals surface area contributed by atoms with E-state index in [9.17, 15) is 0 Å². The van der Waals surface area contributed by atoms with Gasteiger partial charge in [-0.05, 0) is 13.8 Å². The SMILES string of the molecule is CCOC(C)c1nc(CNCCOC)cs1. The standard InChI is InChI=1S/C11H20N2O2S/c1-4-15-9(2)11-13-10(8-16-11)7-12-5-6-14-3/h8-9,12H,4-7H2,1-3H3. The lowest BCUT2D eigenvalue weighted by Crippen LogP contribution is -2.18. The van der Waals surface area contributed by atoms with Gasteiger partial charge in [-0.15, -0.1) is 11.3 Å². The highest BCUT2D eigenvalue weighted by Crippen LogP contribution is 2.20. The Morgan fingerprint density at radius 1 is 1.56 bits per heavy atom. The Morgan fingerprint density at radius 2 is 2.38 bits per heavy atom. The summed E-state index contributed by atoms with van der Waals surface area (Å²) >= 11 is 1.65. The summed E-state index contributed by atoms with van der Waals surface area (Å²) in [7, 11) is 1.70. The van der Waals surface area contributed by atoms with Crippen molar-refractivity contribution in [1.29, 1.82) is 0 Å². The molecule has 0 saturated carbocycles. The highest BCUT2D eigenvalue weighted by atomic mass is 32.1. The Labute approximate surface area is 101 Å². The van der Waals surface area contributed by atoms with Crippen LogP contribution in [0.2, 0.25) is 0 Å². The zero-order chi connectivity index (χ0) is 11.8. The summed E-state index contributed by atoms with van der Waals surface area (Å²) in [6.45, 7) is 7.12. The van der Waals surface area contributed by atoms with Gasteiger partial charge >= 0.3 is 0 Å². The molecular weight excluding hydrogens is 224 g/mol. The van der Waals surface area contributed by atoms with E-state index < -0.39 is 0 Å². The van der Waals surface area contributed by atoms with E-state index in [2.05, 4.69) is 15.7 Å². The molecule has 0 aromatic carbocycles. The van der Waals surface area contributed by atoms with Gasteiger partial charge in [-0.25, -0.2) is 4.98 Å². The summed E-state index contributed by atoms with van der Waals surface area (Å²) in [4.78, 5) is 4.52. The lowest BCUT2D eigenvalue weighted by molar-refractivity contribution is 0.0761. The number of methoxy groups -OCH3 is 1. The van der Waals surface area contributed by atoms with Crippen molar-refractivity contribution in [3.63, 3.8) is 0 Å². The van der Waals surface area contributed by atoms with Crippen LogP contribution in [0.5, 0.6) is 0 Å². The second-order valence-electron chi connectivity index (χ2n) is 3.44. The quantitative estimate of drug-likeness (QED) is 0.710. The third-order valence-electron chi connectivity index (χ3n) is 2.12. The molecule has 0 aliphatic carbocycles. The average Bonchev–Trinajstić information content (AvgIpc) is 2.73. The molecule has 1 rings (SSSR count). The van der Waals surface area contributed by atoms with Crippen molar-refractivity contribution < 1.29 is 9.47 Å². The molecule has 5 heteroatoms. The van der Waals surface area contributed by atoms with Gasteiger partial charge < -0.3 is 14.8 Å². The van der Waals surface area contributed by atoms with Gasteiger partial charge in [0.15, 0.2) is 0 Å². The Hall–Kier alpha value is -0.490. The molecule has 1 atom stereocenters. The number of ether oxygens (including phenoxy) is 2. The van der Waals surface area contributed by atoms with Gasteiger partial charge in [-0.3, -0.25) is 0 Å². The molecule has 0 radical (unpaired) electrons. The zero-order valence-electron chi connectivity index (χ0n) is 10.2. The van der Waals surface area contributed by atoms with Crippen molar-refractivity contribution in [3.05, 3.63) is 16.1 Å². The van der Waals surface area contributed by atoms with E-state index in [-0.39, 0.29) is 6.10 Å². The highest BCUT2D eigenvalue weighted by Gasteiger charge is 2.09. The van der Waals surface area contributed by atoms with Crippen LogP contribution in [0.15, 0.2) is 5.38 Å². The summed E-state index contributed by atoms with van der Waals surface area (Å²) in [5.74, 6) is 0. The molecule has 0 amide bonds. The molecule has 0 bridgehead atoms. The van der Waals surface area contributed by atoms with Crippen molar-refractivity contribution in [2.24, 2.45) is 0 Å².